The van der Waals surface area contributed by atoms with Crippen LogP contribution in [0.15, 0.2) is 0 Å². The van der Waals surface area contributed by atoms with Crippen LogP contribution in [-0.4, -0.2) is 12.1 Å². The van der Waals surface area contributed by atoms with E-state index in [0.717, 1.165) is 12.3 Å². The van der Waals surface area contributed by atoms with E-state index in [1.54, 1.807) is 0 Å². The van der Waals surface area contributed by atoms with E-state index in [1.165, 1.54) is 19.3 Å². The predicted molar refractivity (Wildman–Crippen MR) is 52.8 cm³/mol. The highest BCUT2D eigenvalue weighted by Crippen LogP contribution is 2.33. The van der Waals surface area contributed by atoms with Crippen molar-refractivity contribution in [3.05, 3.63) is 0 Å². The van der Waals surface area contributed by atoms with Crippen LogP contribution >= 0.6 is 0 Å². The van der Waals surface area contributed by atoms with Crippen LogP contribution in [0.1, 0.15) is 32.6 Å². The molecule has 1 fully saturated rings. The second-order valence-corrected chi connectivity index (χ2v) is 4.00. The summed E-state index contributed by atoms with van der Waals surface area (Å²) in [6.45, 7) is 2.42. The Morgan fingerprint density at radius 2 is 2.31 bits per heavy atom. The monoisotopic (exact) mass is 176 g/mol. The van der Waals surface area contributed by atoms with Gasteiger partial charge in [0.05, 0.1) is 12.6 Å². The Labute approximate surface area is 80.3 Å². The first-order chi connectivity index (χ1) is 6.20. The first-order valence-electron chi connectivity index (χ1n) is 4.80. The van der Waals surface area contributed by atoms with Crippen LogP contribution in [0, 0.1) is 29.6 Å². The van der Waals surface area contributed by atoms with Gasteiger partial charge in [0.15, 0.2) is 0 Å². The molecule has 2 heteroatoms. The van der Waals surface area contributed by atoms with Crippen molar-refractivity contribution in [3.8, 4) is 18.4 Å². The van der Waals surface area contributed by atoms with Crippen molar-refractivity contribution in [2.75, 3.05) is 6.54 Å². The van der Waals surface area contributed by atoms with E-state index in [4.69, 9.17) is 11.7 Å². The first-order valence-corrected chi connectivity index (χ1v) is 4.80. The molecule has 2 nitrogen and oxygen atoms in total. The molecule has 1 N–H and O–H groups in total. The minimum Gasteiger partial charge on any atom is -0.289 e. The van der Waals surface area contributed by atoms with E-state index >= 15 is 0 Å². The summed E-state index contributed by atoms with van der Waals surface area (Å²) in [5, 5.41) is 12.1. The quantitative estimate of drug-likeness (QED) is 0.661. The lowest BCUT2D eigenvalue weighted by molar-refractivity contribution is 0.241. The van der Waals surface area contributed by atoms with E-state index in [1.807, 2.05) is 6.92 Å². The summed E-state index contributed by atoms with van der Waals surface area (Å²) in [5.74, 6) is 3.24. The van der Waals surface area contributed by atoms with Gasteiger partial charge < -0.3 is 0 Å². The fourth-order valence-electron chi connectivity index (χ4n) is 1.68. The van der Waals surface area contributed by atoms with Gasteiger partial charge in [0.1, 0.15) is 5.54 Å². The Morgan fingerprint density at radius 3 is 2.69 bits per heavy atom. The van der Waals surface area contributed by atoms with Crippen molar-refractivity contribution < 1.29 is 0 Å². The number of hydrogen-bond acceptors (Lipinski definition) is 2. The molecule has 1 aliphatic carbocycles. The summed E-state index contributed by atoms with van der Waals surface area (Å²) in [5.41, 5.74) is -0.419. The standard InChI is InChI=1S/C11H16N2/c1-3-7-13-11(2,9-12)8-10-5-4-6-10/h1,10,13H,4-8H2,2H3. The van der Waals surface area contributed by atoms with E-state index in [0.29, 0.717) is 6.54 Å². The molecule has 0 aromatic carbocycles. The maximum atomic E-state index is 9.00. The normalized spacial score (nSPS) is 20.8. The largest absolute Gasteiger partial charge is 0.289 e. The van der Waals surface area contributed by atoms with Crippen LogP contribution in [0.4, 0.5) is 0 Å². The molecule has 0 aromatic heterocycles. The smallest absolute Gasteiger partial charge is 0.104 e. The molecule has 0 aromatic rings. The van der Waals surface area contributed by atoms with Gasteiger partial charge in [0.2, 0.25) is 0 Å². The number of hydrogen-bond donors (Lipinski definition) is 1. The lowest BCUT2D eigenvalue weighted by atomic mass is 9.77. The van der Waals surface area contributed by atoms with Crippen LogP contribution in [0.25, 0.3) is 0 Å². The Morgan fingerprint density at radius 1 is 1.62 bits per heavy atom. The van der Waals surface area contributed by atoms with Crippen LogP contribution in [-0.2, 0) is 0 Å². The van der Waals surface area contributed by atoms with Gasteiger partial charge in [-0.1, -0.05) is 25.2 Å². The molecule has 1 atom stereocenters. The number of nitriles is 1. The molecule has 1 saturated carbocycles. The summed E-state index contributed by atoms with van der Waals surface area (Å²) in [6, 6.07) is 2.31. The topological polar surface area (TPSA) is 35.8 Å². The second-order valence-electron chi connectivity index (χ2n) is 4.00. The van der Waals surface area contributed by atoms with Crippen molar-refractivity contribution in [1.29, 1.82) is 5.26 Å². The maximum Gasteiger partial charge on any atom is 0.104 e. The fourth-order valence-corrected chi connectivity index (χ4v) is 1.68. The molecule has 70 valence electrons. The second kappa shape index (κ2) is 4.30. The minimum absolute atomic E-state index is 0.419. The van der Waals surface area contributed by atoms with Gasteiger partial charge in [-0.25, -0.2) is 0 Å². The average Bonchev–Trinajstić information content (AvgIpc) is 2.08. The van der Waals surface area contributed by atoms with Gasteiger partial charge in [0.25, 0.3) is 0 Å². The molecule has 0 amide bonds. The van der Waals surface area contributed by atoms with Crippen molar-refractivity contribution in [1.82, 2.24) is 5.32 Å². The molecule has 0 saturated heterocycles. The van der Waals surface area contributed by atoms with Gasteiger partial charge in [-0.15, -0.1) is 6.42 Å². The maximum absolute atomic E-state index is 9.00. The Bertz CT molecular complexity index is 242. The predicted octanol–water partition coefficient (Wildman–Crippen LogP) is 1.68. The van der Waals surface area contributed by atoms with Gasteiger partial charge >= 0.3 is 0 Å². The minimum atomic E-state index is -0.419. The fraction of sp³-hybridized carbons (Fsp3) is 0.727. The molecule has 1 aliphatic rings. The molecule has 0 aliphatic heterocycles. The number of nitrogens with one attached hydrogen (secondary N) is 1. The van der Waals surface area contributed by atoms with Crippen molar-refractivity contribution in [2.45, 2.75) is 38.1 Å². The lowest BCUT2D eigenvalue weighted by Gasteiger charge is -2.32. The van der Waals surface area contributed by atoms with E-state index in [9.17, 15) is 0 Å². The Hall–Kier alpha value is -0.990. The SMILES string of the molecule is C#CCNC(C)(C#N)CC1CCC1. The van der Waals surface area contributed by atoms with Crippen LogP contribution in [0.2, 0.25) is 0 Å². The molecule has 0 bridgehead atoms. The molecule has 0 heterocycles. The number of nitrogens with zero attached hydrogens (tertiary/aromatic N) is 1. The van der Waals surface area contributed by atoms with E-state index in [-0.39, 0.29) is 0 Å². The summed E-state index contributed by atoms with van der Waals surface area (Å²) in [7, 11) is 0. The van der Waals surface area contributed by atoms with Crippen LogP contribution in [0.5, 0.6) is 0 Å². The molecule has 0 spiro atoms. The first kappa shape index (κ1) is 10.1. The molecule has 1 unspecified atom stereocenters. The van der Waals surface area contributed by atoms with Crippen molar-refractivity contribution >= 4 is 0 Å². The molecular formula is C11H16N2. The number of rotatable bonds is 4. The average molecular weight is 176 g/mol. The van der Waals surface area contributed by atoms with E-state index in [2.05, 4.69) is 17.3 Å². The van der Waals surface area contributed by atoms with Gasteiger partial charge in [-0.05, 0) is 19.3 Å². The van der Waals surface area contributed by atoms with E-state index < -0.39 is 5.54 Å². The highest BCUT2D eigenvalue weighted by atomic mass is 15.0. The third-order valence-electron chi connectivity index (χ3n) is 2.75. The van der Waals surface area contributed by atoms with Gasteiger partial charge in [-0.3, -0.25) is 5.32 Å². The Balaban J connectivity index is 2.39. The van der Waals surface area contributed by atoms with Gasteiger partial charge in [0, 0.05) is 0 Å². The van der Waals surface area contributed by atoms with Gasteiger partial charge in [-0.2, -0.15) is 5.26 Å². The third kappa shape index (κ3) is 2.76. The zero-order chi connectivity index (χ0) is 9.73. The molecule has 13 heavy (non-hydrogen) atoms. The molecule has 0 radical (unpaired) electrons. The highest BCUT2D eigenvalue weighted by Gasteiger charge is 2.30. The zero-order valence-electron chi connectivity index (χ0n) is 8.14. The number of terminal acetylenes is 1. The van der Waals surface area contributed by atoms with Crippen LogP contribution in [0.3, 0.4) is 0 Å². The highest BCUT2D eigenvalue weighted by molar-refractivity contribution is 5.07. The van der Waals surface area contributed by atoms with Crippen molar-refractivity contribution in [2.24, 2.45) is 5.92 Å². The molecular weight excluding hydrogens is 160 g/mol. The summed E-state index contributed by atoms with van der Waals surface area (Å²) < 4.78 is 0. The third-order valence-corrected chi connectivity index (χ3v) is 2.75. The van der Waals surface area contributed by atoms with Crippen molar-refractivity contribution in [3.63, 3.8) is 0 Å². The van der Waals surface area contributed by atoms with Crippen LogP contribution < -0.4 is 5.32 Å². The summed E-state index contributed by atoms with van der Waals surface area (Å²) in [4.78, 5) is 0. The Kier molecular flexibility index (Phi) is 3.34. The summed E-state index contributed by atoms with van der Waals surface area (Å²) in [6.07, 6.45) is 9.95. The zero-order valence-corrected chi connectivity index (χ0v) is 8.14. The lowest BCUT2D eigenvalue weighted by Crippen LogP contribution is -2.43. The summed E-state index contributed by atoms with van der Waals surface area (Å²) >= 11 is 0. The molecule has 1 rings (SSSR count).